The summed E-state index contributed by atoms with van der Waals surface area (Å²) in [5.74, 6) is 0.887. The van der Waals surface area contributed by atoms with Crippen LogP contribution in [0.15, 0.2) is 60.0 Å². The Morgan fingerprint density at radius 1 is 1.05 bits per heavy atom. The molecule has 0 aliphatic rings. The summed E-state index contributed by atoms with van der Waals surface area (Å²) < 4.78 is 6.33. The normalized spacial score (nSPS) is 14.0. The zero-order valence-corrected chi connectivity index (χ0v) is 12.9. The third-order valence-corrected chi connectivity index (χ3v) is 4.84. The fourth-order valence-electron chi connectivity index (χ4n) is 2.57. The summed E-state index contributed by atoms with van der Waals surface area (Å²) in [4.78, 5) is 1.21. The van der Waals surface area contributed by atoms with Crippen LogP contribution in [0.5, 0.6) is 5.75 Å². The third-order valence-electron chi connectivity index (χ3n) is 3.73. The first-order valence-electron chi connectivity index (χ1n) is 7.13. The van der Waals surface area contributed by atoms with E-state index in [9.17, 15) is 0 Å². The number of fused-ring (bicyclic) bond motifs is 1. The maximum atomic E-state index is 6.33. The van der Waals surface area contributed by atoms with E-state index in [0.29, 0.717) is 6.54 Å². The van der Waals surface area contributed by atoms with Crippen LogP contribution in [0.25, 0.3) is 10.8 Å². The van der Waals surface area contributed by atoms with E-state index in [0.717, 1.165) is 12.2 Å². The van der Waals surface area contributed by atoms with E-state index < -0.39 is 0 Å². The molecule has 0 aliphatic carbocycles. The van der Waals surface area contributed by atoms with Gasteiger partial charge in [0, 0.05) is 11.3 Å². The van der Waals surface area contributed by atoms with Gasteiger partial charge in [-0.1, -0.05) is 36.4 Å². The monoisotopic (exact) mass is 297 g/mol. The second kappa shape index (κ2) is 5.88. The van der Waals surface area contributed by atoms with Crippen LogP contribution in [0.3, 0.4) is 0 Å². The third kappa shape index (κ3) is 2.94. The SMILES string of the molecule is CC(CCN)(Oc1ccc2ccccc2c1)c1cccs1. The van der Waals surface area contributed by atoms with Crippen molar-refractivity contribution in [3.63, 3.8) is 0 Å². The van der Waals surface area contributed by atoms with Crippen LogP contribution in [0.4, 0.5) is 0 Å². The van der Waals surface area contributed by atoms with Gasteiger partial charge in [0.15, 0.2) is 0 Å². The molecule has 2 N–H and O–H groups in total. The Kier molecular flexibility index (Phi) is 3.95. The van der Waals surface area contributed by atoms with E-state index in [2.05, 4.69) is 48.7 Å². The van der Waals surface area contributed by atoms with E-state index in [4.69, 9.17) is 10.5 Å². The van der Waals surface area contributed by atoms with Crippen molar-refractivity contribution in [2.75, 3.05) is 6.54 Å². The zero-order valence-electron chi connectivity index (χ0n) is 12.1. The number of ether oxygens (including phenoxy) is 1. The smallest absolute Gasteiger partial charge is 0.141 e. The second-order valence-electron chi connectivity index (χ2n) is 5.36. The molecule has 0 spiro atoms. The number of benzene rings is 2. The first kappa shape index (κ1) is 14.1. The molecule has 0 bridgehead atoms. The maximum absolute atomic E-state index is 6.33. The number of rotatable bonds is 5. The van der Waals surface area contributed by atoms with Gasteiger partial charge in [-0.25, -0.2) is 0 Å². The van der Waals surface area contributed by atoms with Gasteiger partial charge in [-0.3, -0.25) is 0 Å². The second-order valence-corrected chi connectivity index (χ2v) is 6.31. The molecule has 0 saturated heterocycles. The summed E-state index contributed by atoms with van der Waals surface area (Å²) in [5.41, 5.74) is 5.42. The lowest BCUT2D eigenvalue weighted by Crippen LogP contribution is -2.31. The molecule has 1 atom stereocenters. The highest BCUT2D eigenvalue weighted by Crippen LogP contribution is 2.34. The van der Waals surface area contributed by atoms with Crippen molar-refractivity contribution < 1.29 is 4.74 Å². The number of thiophene rings is 1. The molecule has 3 rings (SSSR count). The summed E-state index contributed by atoms with van der Waals surface area (Å²) in [5, 5.41) is 4.49. The van der Waals surface area contributed by atoms with Crippen LogP contribution in [-0.2, 0) is 5.60 Å². The molecule has 2 nitrogen and oxygen atoms in total. The lowest BCUT2D eigenvalue weighted by molar-refractivity contribution is 0.0838. The number of nitrogens with two attached hydrogens (primary N) is 1. The highest BCUT2D eigenvalue weighted by Gasteiger charge is 2.29. The predicted molar refractivity (Wildman–Crippen MR) is 89.9 cm³/mol. The lowest BCUT2D eigenvalue weighted by Gasteiger charge is -2.29. The molecule has 21 heavy (non-hydrogen) atoms. The molecule has 1 unspecified atom stereocenters. The minimum Gasteiger partial charge on any atom is -0.482 e. The molecule has 0 amide bonds. The minimum atomic E-state index is -0.370. The molecular weight excluding hydrogens is 278 g/mol. The summed E-state index contributed by atoms with van der Waals surface area (Å²) in [6, 6.07) is 18.7. The standard InChI is InChI=1S/C18H19NOS/c1-18(10-11-19,17-7-4-12-21-17)20-16-9-8-14-5-2-3-6-15(14)13-16/h2-9,12-13H,10-11,19H2,1H3. The Morgan fingerprint density at radius 2 is 1.86 bits per heavy atom. The van der Waals surface area contributed by atoms with E-state index >= 15 is 0 Å². The highest BCUT2D eigenvalue weighted by molar-refractivity contribution is 7.10. The lowest BCUT2D eigenvalue weighted by atomic mass is 9.99. The van der Waals surface area contributed by atoms with Gasteiger partial charge >= 0.3 is 0 Å². The molecule has 3 heteroatoms. The Balaban J connectivity index is 1.94. The van der Waals surface area contributed by atoms with Crippen LogP contribution in [0.1, 0.15) is 18.2 Å². The number of hydrogen-bond acceptors (Lipinski definition) is 3. The van der Waals surface area contributed by atoms with Crippen molar-refractivity contribution in [1.29, 1.82) is 0 Å². The molecule has 0 saturated carbocycles. The van der Waals surface area contributed by atoms with Crippen molar-refractivity contribution in [3.8, 4) is 5.75 Å². The Bertz CT molecular complexity index is 723. The average molecular weight is 297 g/mol. The molecule has 3 aromatic rings. The van der Waals surface area contributed by atoms with Crippen LogP contribution < -0.4 is 10.5 Å². The summed E-state index contributed by atoms with van der Waals surface area (Å²) in [6.07, 6.45) is 0.792. The van der Waals surface area contributed by atoms with Gasteiger partial charge in [-0.15, -0.1) is 11.3 Å². The largest absolute Gasteiger partial charge is 0.482 e. The Morgan fingerprint density at radius 3 is 2.57 bits per heavy atom. The fourth-order valence-corrected chi connectivity index (χ4v) is 3.42. The van der Waals surface area contributed by atoms with Gasteiger partial charge in [0.05, 0.1) is 0 Å². The zero-order chi connectivity index (χ0) is 14.7. The van der Waals surface area contributed by atoms with Gasteiger partial charge in [-0.2, -0.15) is 0 Å². The quantitative estimate of drug-likeness (QED) is 0.750. The van der Waals surface area contributed by atoms with Gasteiger partial charge in [-0.05, 0) is 47.8 Å². The van der Waals surface area contributed by atoms with E-state index in [1.807, 2.05) is 18.2 Å². The van der Waals surface area contributed by atoms with Gasteiger partial charge < -0.3 is 10.5 Å². The van der Waals surface area contributed by atoms with Crippen molar-refractivity contribution in [2.45, 2.75) is 18.9 Å². The first-order chi connectivity index (χ1) is 10.2. The predicted octanol–water partition coefficient (Wildman–Crippen LogP) is 4.54. The Hall–Kier alpha value is -1.84. The molecule has 0 fully saturated rings. The van der Waals surface area contributed by atoms with Gasteiger partial charge in [0.1, 0.15) is 11.4 Å². The van der Waals surface area contributed by atoms with Crippen molar-refractivity contribution in [1.82, 2.24) is 0 Å². The van der Waals surface area contributed by atoms with E-state index in [-0.39, 0.29) is 5.60 Å². The Labute approximate surface area is 129 Å². The molecule has 2 aromatic carbocycles. The molecule has 1 aromatic heterocycles. The minimum absolute atomic E-state index is 0.370. The van der Waals surface area contributed by atoms with Crippen LogP contribution in [0.2, 0.25) is 0 Å². The van der Waals surface area contributed by atoms with Crippen molar-refractivity contribution >= 4 is 22.1 Å². The molecular formula is C18H19NOS. The number of hydrogen-bond donors (Lipinski definition) is 1. The highest BCUT2D eigenvalue weighted by atomic mass is 32.1. The molecule has 1 heterocycles. The average Bonchev–Trinajstić information content (AvgIpc) is 3.02. The van der Waals surface area contributed by atoms with Gasteiger partial charge in [0.2, 0.25) is 0 Å². The van der Waals surface area contributed by atoms with Crippen LogP contribution in [0, 0.1) is 0 Å². The summed E-state index contributed by atoms with van der Waals surface area (Å²) in [7, 11) is 0. The van der Waals surface area contributed by atoms with Crippen LogP contribution in [-0.4, -0.2) is 6.54 Å². The van der Waals surface area contributed by atoms with Crippen molar-refractivity contribution in [3.05, 3.63) is 64.9 Å². The van der Waals surface area contributed by atoms with E-state index in [1.54, 1.807) is 11.3 Å². The molecule has 0 aliphatic heterocycles. The van der Waals surface area contributed by atoms with Crippen molar-refractivity contribution in [2.24, 2.45) is 5.73 Å². The van der Waals surface area contributed by atoms with Crippen LogP contribution >= 0.6 is 11.3 Å². The molecule has 108 valence electrons. The molecule has 0 radical (unpaired) electrons. The maximum Gasteiger partial charge on any atom is 0.141 e. The fraction of sp³-hybridized carbons (Fsp3) is 0.222. The topological polar surface area (TPSA) is 35.2 Å². The summed E-state index contributed by atoms with van der Waals surface area (Å²) >= 11 is 1.71. The summed E-state index contributed by atoms with van der Waals surface area (Å²) in [6.45, 7) is 2.71. The van der Waals surface area contributed by atoms with E-state index in [1.165, 1.54) is 15.6 Å². The van der Waals surface area contributed by atoms with Gasteiger partial charge in [0.25, 0.3) is 0 Å². The first-order valence-corrected chi connectivity index (χ1v) is 8.01.